The number of carbonyl (C=O) groups excluding carboxylic acids is 1. The van der Waals surface area contributed by atoms with Crippen LogP contribution in [0.25, 0.3) is 0 Å². The van der Waals surface area contributed by atoms with Crippen molar-refractivity contribution in [2.24, 2.45) is 10.2 Å². The van der Waals surface area contributed by atoms with Crippen molar-refractivity contribution in [1.82, 2.24) is 5.32 Å². The van der Waals surface area contributed by atoms with E-state index in [0.717, 1.165) is 25.0 Å². The maximum atomic E-state index is 12.3. The van der Waals surface area contributed by atoms with Gasteiger partial charge in [-0.15, -0.1) is 0 Å². The molecule has 1 aliphatic carbocycles. The van der Waals surface area contributed by atoms with E-state index in [0.29, 0.717) is 12.2 Å². The van der Waals surface area contributed by atoms with Gasteiger partial charge in [-0.05, 0) is 43.5 Å². The highest BCUT2D eigenvalue weighted by Crippen LogP contribution is 2.36. The number of hydrogen-bond acceptors (Lipinski definition) is 3. The second-order valence-electron chi connectivity index (χ2n) is 7.00. The fourth-order valence-electron chi connectivity index (χ4n) is 2.89. The lowest BCUT2D eigenvalue weighted by Gasteiger charge is -2.16. The Hall–Kier alpha value is -1.75. The molecule has 1 amide bonds. The number of amidine groups is 1. The van der Waals surface area contributed by atoms with Crippen molar-refractivity contribution in [3.05, 3.63) is 29.8 Å². The second kappa shape index (κ2) is 10.4. The third kappa shape index (κ3) is 6.20. The van der Waals surface area contributed by atoms with Crippen LogP contribution in [0.4, 0.5) is 0 Å². The van der Waals surface area contributed by atoms with E-state index in [-0.39, 0.29) is 11.7 Å². The number of unbranched alkanes of at least 4 members (excludes halogenated alkanes) is 6. The SMILES string of the molecule is CCCCCCCCCOc1ccc(C(=O)NC2(/C(N)=N/Cl)CC2)cc1. The molecule has 0 unspecified atom stereocenters. The number of hydrogen-bond donors (Lipinski definition) is 2. The zero-order chi connectivity index (χ0) is 18.8. The Morgan fingerprint density at radius 3 is 2.35 bits per heavy atom. The molecule has 0 atom stereocenters. The molecule has 144 valence electrons. The first-order chi connectivity index (χ1) is 12.6. The summed E-state index contributed by atoms with van der Waals surface area (Å²) in [6, 6.07) is 7.18. The van der Waals surface area contributed by atoms with Gasteiger partial charge in [0.1, 0.15) is 11.6 Å². The number of amides is 1. The third-order valence-corrected chi connectivity index (χ3v) is 5.00. The van der Waals surface area contributed by atoms with Crippen LogP contribution in [0.3, 0.4) is 0 Å². The first-order valence-electron chi connectivity index (χ1n) is 9.61. The summed E-state index contributed by atoms with van der Waals surface area (Å²) in [5.41, 5.74) is 5.77. The van der Waals surface area contributed by atoms with E-state index in [1.54, 1.807) is 12.1 Å². The number of halogens is 1. The third-order valence-electron chi connectivity index (χ3n) is 4.82. The normalized spacial score (nSPS) is 15.5. The number of benzene rings is 1. The minimum atomic E-state index is -0.564. The van der Waals surface area contributed by atoms with Crippen molar-refractivity contribution in [2.45, 2.75) is 70.3 Å². The van der Waals surface area contributed by atoms with Gasteiger partial charge in [0, 0.05) is 17.3 Å². The molecular formula is C20H30ClN3O2. The van der Waals surface area contributed by atoms with Gasteiger partial charge in [0.25, 0.3) is 5.91 Å². The molecule has 0 heterocycles. The lowest BCUT2D eigenvalue weighted by Crippen LogP contribution is -2.46. The van der Waals surface area contributed by atoms with Crippen LogP contribution >= 0.6 is 11.8 Å². The predicted molar refractivity (Wildman–Crippen MR) is 107 cm³/mol. The Kier molecular flexibility index (Phi) is 8.23. The molecule has 1 saturated carbocycles. The molecule has 5 nitrogen and oxygen atoms in total. The number of nitrogens with two attached hydrogens (primary N) is 1. The van der Waals surface area contributed by atoms with E-state index in [4.69, 9.17) is 22.2 Å². The molecular weight excluding hydrogens is 350 g/mol. The smallest absolute Gasteiger partial charge is 0.252 e. The zero-order valence-electron chi connectivity index (χ0n) is 15.6. The van der Waals surface area contributed by atoms with E-state index in [9.17, 15) is 4.79 Å². The van der Waals surface area contributed by atoms with Gasteiger partial charge in [-0.3, -0.25) is 4.79 Å². The van der Waals surface area contributed by atoms with Gasteiger partial charge in [0.05, 0.1) is 12.1 Å². The average Bonchev–Trinajstić information content (AvgIpc) is 3.44. The van der Waals surface area contributed by atoms with Crippen LogP contribution in [-0.2, 0) is 0 Å². The Morgan fingerprint density at radius 1 is 1.15 bits per heavy atom. The van der Waals surface area contributed by atoms with E-state index in [2.05, 4.69) is 16.8 Å². The summed E-state index contributed by atoms with van der Waals surface area (Å²) in [4.78, 5) is 12.3. The van der Waals surface area contributed by atoms with Gasteiger partial charge >= 0.3 is 0 Å². The van der Waals surface area contributed by atoms with Crippen LogP contribution in [0, 0.1) is 0 Å². The Bertz CT molecular complexity index is 598. The fraction of sp³-hybridized carbons (Fsp3) is 0.600. The lowest BCUT2D eigenvalue weighted by atomic mass is 10.1. The highest BCUT2D eigenvalue weighted by Gasteiger charge is 2.48. The molecule has 1 aromatic rings. The summed E-state index contributed by atoms with van der Waals surface area (Å²) >= 11 is 5.42. The first kappa shape index (κ1) is 20.6. The molecule has 1 aliphatic rings. The average molecular weight is 380 g/mol. The maximum absolute atomic E-state index is 12.3. The molecule has 0 saturated heterocycles. The van der Waals surface area contributed by atoms with Crippen molar-refractivity contribution in [3.63, 3.8) is 0 Å². The molecule has 1 fully saturated rings. The molecule has 1 aromatic carbocycles. The summed E-state index contributed by atoms with van der Waals surface area (Å²) in [7, 11) is 0. The highest BCUT2D eigenvalue weighted by molar-refractivity contribution is 6.21. The number of ether oxygens (including phenoxy) is 1. The van der Waals surface area contributed by atoms with Crippen molar-refractivity contribution in [2.75, 3.05) is 6.61 Å². The van der Waals surface area contributed by atoms with E-state index in [1.807, 2.05) is 12.1 Å². The molecule has 0 radical (unpaired) electrons. The van der Waals surface area contributed by atoms with Gasteiger partial charge in [-0.1, -0.05) is 45.4 Å². The highest BCUT2D eigenvalue weighted by atomic mass is 35.5. The Labute approximate surface area is 161 Å². The van der Waals surface area contributed by atoms with Gasteiger partial charge in [0.15, 0.2) is 0 Å². The van der Waals surface area contributed by atoms with Gasteiger partial charge in [-0.25, -0.2) is 0 Å². The summed E-state index contributed by atoms with van der Waals surface area (Å²) in [6.07, 6.45) is 10.3. The van der Waals surface area contributed by atoms with Crippen LogP contribution in [0.15, 0.2) is 28.8 Å². The van der Waals surface area contributed by atoms with E-state index in [1.165, 1.54) is 38.5 Å². The molecule has 2 rings (SSSR count). The number of nitrogens with zero attached hydrogens (tertiary/aromatic N) is 1. The van der Waals surface area contributed by atoms with Crippen LogP contribution in [0.2, 0.25) is 0 Å². The molecule has 26 heavy (non-hydrogen) atoms. The number of nitrogens with one attached hydrogen (secondary N) is 1. The zero-order valence-corrected chi connectivity index (χ0v) is 16.4. The molecule has 0 bridgehead atoms. The molecule has 0 aromatic heterocycles. The lowest BCUT2D eigenvalue weighted by molar-refractivity contribution is 0.0943. The van der Waals surface area contributed by atoms with Gasteiger partial charge in [0.2, 0.25) is 0 Å². The van der Waals surface area contributed by atoms with E-state index >= 15 is 0 Å². The minimum Gasteiger partial charge on any atom is -0.494 e. The summed E-state index contributed by atoms with van der Waals surface area (Å²) < 4.78 is 9.23. The van der Waals surface area contributed by atoms with Crippen molar-refractivity contribution in [1.29, 1.82) is 0 Å². The fourth-order valence-corrected chi connectivity index (χ4v) is 3.05. The van der Waals surface area contributed by atoms with Crippen LogP contribution in [0.5, 0.6) is 5.75 Å². The topological polar surface area (TPSA) is 76.7 Å². The van der Waals surface area contributed by atoms with Crippen LogP contribution in [-0.4, -0.2) is 23.9 Å². The first-order valence-corrected chi connectivity index (χ1v) is 9.95. The molecule has 0 spiro atoms. The van der Waals surface area contributed by atoms with Gasteiger partial charge in [-0.2, -0.15) is 4.51 Å². The molecule has 0 aliphatic heterocycles. The summed E-state index contributed by atoms with van der Waals surface area (Å²) in [5, 5.41) is 2.91. The summed E-state index contributed by atoms with van der Waals surface area (Å²) in [6.45, 7) is 2.95. The van der Waals surface area contributed by atoms with Crippen LogP contribution in [0.1, 0.15) is 75.1 Å². The quantitative estimate of drug-likeness (QED) is 0.317. The number of carbonyl (C=O) groups is 1. The molecule has 6 heteroatoms. The Balaban J connectivity index is 1.69. The van der Waals surface area contributed by atoms with Crippen molar-refractivity contribution < 1.29 is 9.53 Å². The largest absolute Gasteiger partial charge is 0.494 e. The standard InChI is InChI=1S/C20H30ClN3O2/c1-2-3-4-5-6-7-8-15-26-17-11-9-16(10-12-17)18(25)23-20(13-14-20)19(22)24-21/h9-12H,2-8,13-15H2,1H3,(H2,22,24)(H,23,25). The van der Waals surface area contributed by atoms with Crippen molar-refractivity contribution in [3.8, 4) is 5.75 Å². The maximum Gasteiger partial charge on any atom is 0.252 e. The Morgan fingerprint density at radius 2 is 1.77 bits per heavy atom. The monoisotopic (exact) mass is 379 g/mol. The number of rotatable bonds is 12. The van der Waals surface area contributed by atoms with Crippen molar-refractivity contribution >= 4 is 23.5 Å². The van der Waals surface area contributed by atoms with Gasteiger partial charge < -0.3 is 15.8 Å². The predicted octanol–water partition coefficient (Wildman–Crippen LogP) is 4.59. The van der Waals surface area contributed by atoms with E-state index < -0.39 is 5.54 Å². The summed E-state index contributed by atoms with van der Waals surface area (Å²) in [5.74, 6) is 0.877. The molecule has 3 N–H and O–H groups in total. The minimum absolute atomic E-state index is 0.176. The van der Waals surface area contributed by atoms with Crippen LogP contribution < -0.4 is 15.8 Å². The second-order valence-corrected chi connectivity index (χ2v) is 7.17.